The number of aromatic nitrogens is 1. The fourth-order valence-electron chi connectivity index (χ4n) is 3.26. The number of ketones is 1. The van der Waals surface area contributed by atoms with Crippen molar-refractivity contribution in [2.45, 2.75) is 18.2 Å². The third kappa shape index (κ3) is 5.33. The summed E-state index contributed by atoms with van der Waals surface area (Å²) < 4.78 is 0. The van der Waals surface area contributed by atoms with Gasteiger partial charge < -0.3 is 5.32 Å². The van der Waals surface area contributed by atoms with Gasteiger partial charge in [-0.3, -0.25) is 9.59 Å². The molecule has 4 aromatic rings. The molecule has 0 radical (unpaired) electrons. The minimum Gasteiger partial charge on any atom is -0.302 e. The number of benzene rings is 3. The minimum absolute atomic E-state index is 0.105. The van der Waals surface area contributed by atoms with Crippen LogP contribution in [0.3, 0.4) is 0 Å². The molecule has 6 heteroatoms. The molecule has 0 saturated carbocycles. The Morgan fingerprint density at radius 3 is 2.22 bits per heavy atom. The zero-order valence-corrected chi connectivity index (χ0v) is 19.2. The number of nitrogens with one attached hydrogen (secondary N) is 1. The molecule has 4 rings (SSSR count). The number of thioether (sulfide) groups is 1. The zero-order valence-electron chi connectivity index (χ0n) is 17.6. The van der Waals surface area contributed by atoms with Crippen molar-refractivity contribution in [2.75, 3.05) is 11.1 Å². The second-order valence-electron chi connectivity index (χ2n) is 7.06. The van der Waals surface area contributed by atoms with E-state index >= 15 is 0 Å². The highest BCUT2D eigenvalue weighted by Crippen LogP contribution is 2.33. The van der Waals surface area contributed by atoms with Gasteiger partial charge in [0.15, 0.2) is 5.13 Å². The molecule has 0 unspecified atom stereocenters. The van der Waals surface area contributed by atoms with Crippen LogP contribution < -0.4 is 5.32 Å². The largest absolute Gasteiger partial charge is 0.302 e. The molecule has 0 saturated heterocycles. The topological polar surface area (TPSA) is 59.1 Å². The van der Waals surface area contributed by atoms with Gasteiger partial charge in [-0.15, -0.1) is 11.8 Å². The highest BCUT2D eigenvalue weighted by Gasteiger charge is 2.21. The molecule has 0 bridgehead atoms. The molecule has 1 amide bonds. The van der Waals surface area contributed by atoms with Gasteiger partial charge in [-0.2, -0.15) is 0 Å². The number of carbonyl (C=O) groups is 2. The van der Waals surface area contributed by atoms with E-state index in [1.165, 1.54) is 16.2 Å². The summed E-state index contributed by atoms with van der Waals surface area (Å²) >= 11 is 2.98. The Morgan fingerprint density at radius 1 is 0.906 bits per heavy atom. The molecule has 0 aliphatic rings. The van der Waals surface area contributed by atoms with Gasteiger partial charge >= 0.3 is 0 Å². The van der Waals surface area contributed by atoms with Crippen molar-refractivity contribution < 1.29 is 9.59 Å². The van der Waals surface area contributed by atoms with Gasteiger partial charge in [0.1, 0.15) is 4.88 Å². The van der Waals surface area contributed by atoms with E-state index in [4.69, 9.17) is 0 Å². The van der Waals surface area contributed by atoms with E-state index in [0.29, 0.717) is 21.3 Å². The minimum atomic E-state index is -0.159. The Morgan fingerprint density at radius 2 is 1.56 bits per heavy atom. The van der Waals surface area contributed by atoms with Crippen LogP contribution in [0.4, 0.5) is 5.13 Å². The lowest BCUT2D eigenvalue weighted by atomic mass is 10.1. The van der Waals surface area contributed by atoms with E-state index in [1.807, 2.05) is 72.8 Å². The molecule has 1 heterocycles. The number of carbonyl (C=O) groups excluding carboxylic acids is 2. The number of anilines is 1. The van der Waals surface area contributed by atoms with Crippen LogP contribution in [0.15, 0.2) is 89.8 Å². The third-order valence-electron chi connectivity index (χ3n) is 4.76. The number of nitrogens with zero attached hydrogens (tertiary/aromatic N) is 1. The SMILES string of the molecule is CCSc1ccc(CC(=O)Nc2nc(-c3ccccc3)c(C(=O)c3ccccc3)s2)cc1. The molecule has 4 nitrogen and oxygen atoms in total. The fraction of sp³-hybridized carbons (Fsp3) is 0.115. The van der Waals surface area contributed by atoms with Crippen LogP contribution in [0.25, 0.3) is 11.3 Å². The summed E-state index contributed by atoms with van der Waals surface area (Å²) in [4.78, 5) is 32.1. The van der Waals surface area contributed by atoms with Gasteiger partial charge in [-0.05, 0) is 23.4 Å². The maximum atomic E-state index is 13.2. The van der Waals surface area contributed by atoms with Crippen molar-refractivity contribution in [3.8, 4) is 11.3 Å². The quantitative estimate of drug-likeness (QED) is 0.247. The number of thiazole rings is 1. The maximum absolute atomic E-state index is 13.2. The predicted molar refractivity (Wildman–Crippen MR) is 133 cm³/mol. The third-order valence-corrected chi connectivity index (χ3v) is 6.63. The molecule has 0 spiro atoms. The lowest BCUT2D eigenvalue weighted by molar-refractivity contribution is -0.115. The van der Waals surface area contributed by atoms with Crippen LogP contribution >= 0.6 is 23.1 Å². The second-order valence-corrected chi connectivity index (χ2v) is 9.40. The molecular weight excluding hydrogens is 436 g/mol. The van der Waals surface area contributed by atoms with Crippen LogP contribution in [0.2, 0.25) is 0 Å². The van der Waals surface area contributed by atoms with Gasteiger partial charge in [-0.25, -0.2) is 4.98 Å². The number of amides is 1. The van der Waals surface area contributed by atoms with Crippen LogP contribution in [0.1, 0.15) is 27.7 Å². The first-order valence-corrected chi connectivity index (χ1v) is 12.1. The first-order chi connectivity index (χ1) is 15.6. The van der Waals surface area contributed by atoms with Crippen molar-refractivity contribution in [1.29, 1.82) is 0 Å². The highest BCUT2D eigenvalue weighted by molar-refractivity contribution is 7.99. The summed E-state index contributed by atoms with van der Waals surface area (Å²) in [5, 5.41) is 3.30. The molecule has 0 atom stereocenters. The summed E-state index contributed by atoms with van der Waals surface area (Å²) in [5.41, 5.74) is 2.95. The Hall–Kier alpha value is -3.22. The molecule has 0 aliphatic heterocycles. The average Bonchev–Trinajstić information content (AvgIpc) is 3.24. The molecule has 0 aliphatic carbocycles. The summed E-state index contributed by atoms with van der Waals surface area (Å²) in [7, 11) is 0. The molecule has 1 N–H and O–H groups in total. The standard InChI is InChI=1S/C26H22N2O2S2/c1-2-31-21-15-13-18(14-16-21)17-22(29)27-26-28-23(19-9-5-3-6-10-19)25(32-26)24(30)20-11-7-4-8-12-20/h3-16H,2,17H2,1H3,(H,27,28,29). The normalized spacial score (nSPS) is 10.7. The van der Waals surface area contributed by atoms with E-state index in [0.717, 1.165) is 16.9 Å². The van der Waals surface area contributed by atoms with E-state index in [1.54, 1.807) is 23.9 Å². The summed E-state index contributed by atoms with van der Waals surface area (Å²) in [5.74, 6) is 0.747. The van der Waals surface area contributed by atoms with E-state index in [2.05, 4.69) is 17.2 Å². The molecular formula is C26H22N2O2S2. The van der Waals surface area contributed by atoms with Gasteiger partial charge in [0, 0.05) is 16.0 Å². The predicted octanol–water partition coefficient (Wildman–Crippen LogP) is 6.33. The van der Waals surface area contributed by atoms with Crippen LogP contribution in [-0.2, 0) is 11.2 Å². The van der Waals surface area contributed by atoms with E-state index in [-0.39, 0.29) is 18.1 Å². The number of hydrogen-bond acceptors (Lipinski definition) is 5. The monoisotopic (exact) mass is 458 g/mol. The zero-order chi connectivity index (χ0) is 22.3. The van der Waals surface area contributed by atoms with E-state index in [9.17, 15) is 9.59 Å². The number of hydrogen-bond donors (Lipinski definition) is 1. The van der Waals surface area contributed by atoms with Gasteiger partial charge in [0.25, 0.3) is 0 Å². The lowest BCUT2D eigenvalue weighted by Crippen LogP contribution is -2.14. The van der Waals surface area contributed by atoms with Crippen molar-refractivity contribution in [3.05, 3.63) is 101 Å². The van der Waals surface area contributed by atoms with Crippen LogP contribution in [-0.4, -0.2) is 22.4 Å². The van der Waals surface area contributed by atoms with Crippen molar-refractivity contribution in [1.82, 2.24) is 4.98 Å². The Labute approximate surface area is 195 Å². The van der Waals surface area contributed by atoms with Crippen molar-refractivity contribution >= 4 is 39.9 Å². The molecule has 1 aromatic heterocycles. The highest BCUT2D eigenvalue weighted by atomic mass is 32.2. The first-order valence-electron chi connectivity index (χ1n) is 10.3. The first kappa shape index (κ1) is 22.0. The molecule has 0 fully saturated rings. The van der Waals surface area contributed by atoms with Gasteiger partial charge in [0.05, 0.1) is 12.1 Å². The van der Waals surface area contributed by atoms with Crippen LogP contribution in [0, 0.1) is 0 Å². The molecule has 3 aromatic carbocycles. The Balaban J connectivity index is 1.57. The summed E-state index contributed by atoms with van der Waals surface area (Å²) in [6.07, 6.45) is 0.249. The smallest absolute Gasteiger partial charge is 0.230 e. The van der Waals surface area contributed by atoms with Crippen LogP contribution in [0.5, 0.6) is 0 Å². The molecule has 160 valence electrons. The van der Waals surface area contributed by atoms with Crippen molar-refractivity contribution in [3.63, 3.8) is 0 Å². The van der Waals surface area contributed by atoms with Gasteiger partial charge in [-0.1, -0.05) is 91.1 Å². The maximum Gasteiger partial charge on any atom is 0.230 e. The lowest BCUT2D eigenvalue weighted by Gasteiger charge is -2.03. The summed E-state index contributed by atoms with van der Waals surface area (Å²) in [6.45, 7) is 2.11. The summed E-state index contributed by atoms with van der Waals surface area (Å²) in [6, 6.07) is 26.7. The van der Waals surface area contributed by atoms with E-state index < -0.39 is 0 Å². The Bertz CT molecular complexity index is 1200. The Kier molecular flexibility index (Phi) is 7.14. The molecule has 32 heavy (non-hydrogen) atoms. The number of rotatable bonds is 8. The van der Waals surface area contributed by atoms with Gasteiger partial charge in [0.2, 0.25) is 11.7 Å². The fourth-order valence-corrected chi connectivity index (χ4v) is 4.89. The van der Waals surface area contributed by atoms with Crippen molar-refractivity contribution in [2.24, 2.45) is 0 Å². The second kappa shape index (κ2) is 10.4. The average molecular weight is 459 g/mol.